The second-order valence-corrected chi connectivity index (χ2v) is 12.5. The van der Waals surface area contributed by atoms with Gasteiger partial charge in [0.05, 0.1) is 0 Å². The van der Waals surface area contributed by atoms with Crippen molar-refractivity contribution >= 4 is 18.5 Å². The fourth-order valence-corrected chi connectivity index (χ4v) is 10.4. The minimum Gasteiger partial charge on any atom is -0.322 e. The molecule has 0 amide bonds. The zero-order chi connectivity index (χ0) is 9.97. The molecule has 0 aromatic carbocycles. The molecule has 1 saturated carbocycles. The summed E-state index contributed by atoms with van der Waals surface area (Å²) in [7, 11) is 0.119. The average Bonchev–Trinajstić information content (AvgIpc) is 2.62. The fraction of sp³-hybridized carbons (Fsp3) is 1.00. The van der Waals surface area contributed by atoms with Crippen LogP contribution in [0.4, 0.5) is 0 Å². The monoisotopic (exact) mass is 227 g/mol. The fourth-order valence-electron chi connectivity index (χ4n) is 3.12. The summed E-state index contributed by atoms with van der Waals surface area (Å²) in [5.74, 6) is 0. The van der Waals surface area contributed by atoms with Gasteiger partial charge in [-0.3, -0.25) is 0 Å². The zero-order valence-electron chi connectivity index (χ0n) is 9.84. The molecule has 0 spiro atoms. The molecule has 2 fully saturated rings. The molecule has 14 heavy (non-hydrogen) atoms. The molecule has 3 heteroatoms. The lowest BCUT2D eigenvalue weighted by molar-refractivity contribution is 0.254. The molecule has 1 aliphatic heterocycles. The maximum absolute atomic E-state index is 3.05. The van der Waals surface area contributed by atoms with E-state index in [2.05, 4.69) is 18.4 Å². The van der Waals surface area contributed by atoms with E-state index in [0.717, 1.165) is 12.1 Å². The first-order chi connectivity index (χ1) is 6.83. The lowest BCUT2D eigenvalue weighted by atomic mass is 10.2. The van der Waals surface area contributed by atoms with Crippen LogP contribution < -0.4 is 0 Å². The Bertz CT molecular complexity index is 171. The average molecular weight is 227 g/mol. The van der Waals surface area contributed by atoms with Gasteiger partial charge >= 0.3 is 0 Å². The highest BCUT2D eigenvalue weighted by Gasteiger charge is 2.35. The first kappa shape index (κ1) is 10.9. The molecule has 1 saturated heterocycles. The van der Waals surface area contributed by atoms with Gasteiger partial charge in [-0.15, -0.1) is 0 Å². The third kappa shape index (κ3) is 2.14. The molecule has 0 N–H and O–H groups in total. The highest BCUT2D eigenvalue weighted by atomic mass is 28.4. The van der Waals surface area contributed by atoms with Gasteiger partial charge in [0.25, 0.3) is 0 Å². The Labute approximate surface area is 92.8 Å². The molecule has 0 aromatic rings. The molecule has 0 bridgehead atoms. The van der Waals surface area contributed by atoms with Gasteiger partial charge in [0.2, 0.25) is 0 Å². The van der Waals surface area contributed by atoms with Gasteiger partial charge in [-0.05, 0) is 19.3 Å². The summed E-state index contributed by atoms with van der Waals surface area (Å²) in [6.45, 7) is 4.85. The Kier molecular flexibility index (Phi) is 3.85. The van der Waals surface area contributed by atoms with Gasteiger partial charge in [-0.25, -0.2) is 0 Å². The summed E-state index contributed by atoms with van der Waals surface area (Å²) in [6, 6.07) is 1.93. The number of hydrogen-bond acceptors (Lipinski definition) is 1. The lowest BCUT2D eigenvalue weighted by Crippen LogP contribution is -2.55. The molecule has 0 aromatic heterocycles. The molecule has 2 aliphatic rings. The highest BCUT2D eigenvalue weighted by molar-refractivity contribution is 6.84. The Morgan fingerprint density at radius 2 is 2.00 bits per heavy atom. The maximum atomic E-state index is 3.05. The van der Waals surface area contributed by atoms with Crippen molar-refractivity contribution in [2.75, 3.05) is 0 Å². The van der Waals surface area contributed by atoms with Crippen LogP contribution in [0.3, 0.4) is 0 Å². The normalized spacial score (nSPS) is 32.4. The van der Waals surface area contributed by atoms with Gasteiger partial charge < -0.3 is 4.57 Å². The smallest absolute Gasteiger partial charge is 0.106 e. The summed E-state index contributed by atoms with van der Waals surface area (Å²) in [4.78, 5) is 0. The summed E-state index contributed by atoms with van der Waals surface area (Å²) in [5.41, 5.74) is 3.50. The van der Waals surface area contributed by atoms with E-state index in [0.29, 0.717) is 9.52 Å². The van der Waals surface area contributed by atoms with Crippen molar-refractivity contribution in [3.05, 3.63) is 0 Å². The summed E-state index contributed by atoms with van der Waals surface area (Å²) >= 11 is 0. The highest BCUT2D eigenvalue weighted by Crippen LogP contribution is 2.30. The van der Waals surface area contributed by atoms with Gasteiger partial charge in [0.15, 0.2) is 0 Å². The Hall–Kier alpha value is 0.394. The van der Waals surface area contributed by atoms with Crippen LogP contribution in [0.1, 0.15) is 46.0 Å². The van der Waals surface area contributed by atoms with Crippen molar-refractivity contribution < 1.29 is 0 Å². The van der Waals surface area contributed by atoms with Crippen LogP contribution in [0.5, 0.6) is 0 Å². The molecule has 0 radical (unpaired) electrons. The largest absolute Gasteiger partial charge is 0.322 e. The molecule has 82 valence electrons. The Morgan fingerprint density at radius 3 is 2.43 bits per heavy atom. The molecule has 1 unspecified atom stereocenters. The zero-order valence-corrected chi connectivity index (χ0v) is 12.4. The van der Waals surface area contributed by atoms with Crippen molar-refractivity contribution in [2.24, 2.45) is 0 Å². The van der Waals surface area contributed by atoms with Crippen LogP contribution >= 0.6 is 0 Å². The second kappa shape index (κ2) is 4.95. The topological polar surface area (TPSA) is 3.24 Å². The van der Waals surface area contributed by atoms with Crippen molar-refractivity contribution in [1.82, 2.24) is 4.57 Å². The first-order valence-corrected chi connectivity index (χ1v) is 10.7. The predicted octanol–water partition coefficient (Wildman–Crippen LogP) is 1.85. The molecule has 1 heterocycles. The van der Waals surface area contributed by atoms with Crippen LogP contribution in [0.25, 0.3) is 0 Å². The minimum absolute atomic E-state index is 0.349. The Balaban J connectivity index is 1.96. The van der Waals surface area contributed by atoms with E-state index in [1.54, 1.807) is 11.3 Å². The van der Waals surface area contributed by atoms with Crippen LogP contribution in [0.15, 0.2) is 0 Å². The SMILES string of the molecule is CCC(C)N(C1CCCC1)[SiH]1C[SiH2]C1. The van der Waals surface area contributed by atoms with Crippen molar-refractivity contribution in [3.8, 4) is 0 Å². The molecule has 1 atom stereocenters. The number of nitrogens with zero attached hydrogens (tertiary/aromatic N) is 1. The predicted molar refractivity (Wildman–Crippen MR) is 69.2 cm³/mol. The van der Waals surface area contributed by atoms with Crippen LogP contribution in [0, 0.1) is 0 Å². The molecular weight excluding hydrogens is 202 g/mol. The van der Waals surface area contributed by atoms with Crippen molar-refractivity contribution in [1.29, 1.82) is 0 Å². The van der Waals surface area contributed by atoms with E-state index in [-0.39, 0.29) is 8.96 Å². The molecule has 2 rings (SSSR count). The number of rotatable bonds is 4. The van der Waals surface area contributed by atoms with Crippen LogP contribution in [0.2, 0.25) is 11.3 Å². The van der Waals surface area contributed by atoms with Crippen LogP contribution in [-0.4, -0.2) is 35.1 Å². The Morgan fingerprint density at radius 1 is 1.36 bits per heavy atom. The van der Waals surface area contributed by atoms with Crippen molar-refractivity contribution in [2.45, 2.75) is 69.4 Å². The first-order valence-electron chi connectivity index (χ1n) is 6.60. The molecule has 1 nitrogen and oxygen atoms in total. The summed E-state index contributed by atoms with van der Waals surface area (Å²) in [5, 5.41) is 0. The van der Waals surface area contributed by atoms with Gasteiger partial charge in [-0.1, -0.05) is 38.0 Å². The van der Waals surface area contributed by atoms with Crippen molar-refractivity contribution in [3.63, 3.8) is 0 Å². The van der Waals surface area contributed by atoms with Gasteiger partial charge in [0, 0.05) is 21.6 Å². The molecular formula is C11H25NSi2. The van der Waals surface area contributed by atoms with Gasteiger partial charge in [0.1, 0.15) is 8.96 Å². The van der Waals surface area contributed by atoms with E-state index in [4.69, 9.17) is 0 Å². The number of hydrogen-bond donors (Lipinski definition) is 0. The lowest BCUT2D eigenvalue weighted by Gasteiger charge is -2.44. The summed E-state index contributed by atoms with van der Waals surface area (Å²) in [6.07, 6.45) is 7.44. The van der Waals surface area contributed by atoms with E-state index in [1.807, 2.05) is 0 Å². The third-order valence-electron chi connectivity index (χ3n) is 4.34. The van der Waals surface area contributed by atoms with Crippen LogP contribution in [-0.2, 0) is 0 Å². The van der Waals surface area contributed by atoms with E-state index < -0.39 is 0 Å². The van der Waals surface area contributed by atoms with E-state index in [1.165, 1.54) is 32.1 Å². The molecule has 1 aliphatic carbocycles. The third-order valence-corrected chi connectivity index (χ3v) is 14.7. The van der Waals surface area contributed by atoms with Gasteiger partial charge in [-0.2, -0.15) is 0 Å². The van der Waals surface area contributed by atoms with E-state index >= 15 is 0 Å². The summed E-state index contributed by atoms with van der Waals surface area (Å²) < 4.78 is 3.05. The maximum Gasteiger partial charge on any atom is 0.106 e. The quantitative estimate of drug-likeness (QED) is 0.663. The second-order valence-electron chi connectivity index (χ2n) is 5.23. The minimum atomic E-state index is -0.349. The van der Waals surface area contributed by atoms with E-state index in [9.17, 15) is 0 Å². The standard InChI is InChI=1S/C11H25NSi2/c1-3-10(2)12(14-8-13-9-14)11-6-4-5-7-11/h10-11,14H,3-9,13H2,1-2H3.